The van der Waals surface area contributed by atoms with E-state index >= 15 is 0 Å². The average molecular weight is 411 g/mol. The van der Waals surface area contributed by atoms with Crippen LogP contribution < -0.4 is 5.43 Å². The second kappa shape index (κ2) is 7.14. The predicted molar refractivity (Wildman–Crippen MR) is 112 cm³/mol. The molecule has 1 saturated carbocycles. The van der Waals surface area contributed by atoms with Crippen LogP contribution in [0, 0.1) is 5.92 Å². The van der Waals surface area contributed by atoms with Gasteiger partial charge in [-0.1, -0.05) is 29.8 Å². The number of rotatable bonds is 5. The fourth-order valence-corrected chi connectivity index (χ4v) is 5.77. The highest BCUT2D eigenvalue weighted by atomic mass is 32.2. The van der Waals surface area contributed by atoms with Crippen LogP contribution >= 0.6 is 0 Å². The highest BCUT2D eigenvalue weighted by molar-refractivity contribution is 7.89. The molecule has 1 aromatic carbocycles. The van der Waals surface area contributed by atoms with Crippen LogP contribution in [-0.2, 0) is 10.0 Å². The van der Waals surface area contributed by atoms with Crippen molar-refractivity contribution in [2.75, 3.05) is 13.1 Å². The third kappa shape index (κ3) is 3.32. The van der Waals surface area contributed by atoms with Gasteiger partial charge in [-0.3, -0.25) is 4.99 Å². The van der Waals surface area contributed by atoms with Gasteiger partial charge >= 0.3 is 0 Å². The van der Waals surface area contributed by atoms with Crippen molar-refractivity contribution in [3.05, 3.63) is 66.3 Å². The average Bonchev–Trinajstić information content (AvgIpc) is 3.15. The van der Waals surface area contributed by atoms with E-state index in [-0.39, 0.29) is 0 Å². The van der Waals surface area contributed by atoms with Crippen molar-refractivity contribution in [2.45, 2.75) is 30.2 Å². The van der Waals surface area contributed by atoms with Crippen LogP contribution in [0.3, 0.4) is 0 Å². The summed E-state index contributed by atoms with van der Waals surface area (Å²) in [6.07, 6.45) is 14.4. The number of hydrogen-bond acceptors (Lipinski definition) is 5. The minimum atomic E-state index is -3.41. The molecular formula is C21H24N5O2S+. The predicted octanol–water partition coefficient (Wildman–Crippen LogP) is 2.55. The van der Waals surface area contributed by atoms with E-state index in [0.29, 0.717) is 34.5 Å². The molecule has 29 heavy (non-hydrogen) atoms. The topological polar surface area (TPSA) is 74.1 Å². The summed E-state index contributed by atoms with van der Waals surface area (Å²) in [5.41, 5.74) is 6.08. The van der Waals surface area contributed by atoms with Gasteiger partial charge in [-0.15, -0.1) is 10.0 Å². The Labute approximate surface area is 171 Å². The summed E-state index contributed by atoms with van der Waals surface area (Å²) in [5.74, 6) is 0.529. The van der Waals surface area contributed by atoms with Crippen LogP contribution in [0.4, 0.5) is 0 Å². The van der Waals surface area contributed by atoms with E-state index in [2.05, 4.69) is 21.5 Å². The molecule has 4 aliphatic rings. The van der Waals surface area contributed by atoms with Gasteiger partial charge in [0.2, 0.25) is 16.4 Å². The highest BCUT2D eigenvalue weighted by Gasteiger charge is 2.42. The van der Waals surface area contributed by atoms with Crippen LogP contribution in [0.2, 0.25) is 0 Å². The largest absolute Gasteiger partial charge is 0.253 e. The molecule has 1 fully saturated rings. The summed E-state index contributed by atoms with van der Waals surface area (Å²) in [5, 5.41) is 0. The Morgan fingerprint density at radius 3 is 2.72 bits per heavy atom. The molecule has 0 spiro atoms. The van der Waals surface area contributed by atoms with Gasteiger partial charge in [0, 0.05) is 13.1 Å². The summed E-state index contributed by atoms with van der Waals surface area (Å²) >= 11 is 0. The molecule has 1 aliphatic carbocycles. The van der Waals surface area contributed by atoms with E-state index in [1.54, 1.807) is 34.8 Å². The first kappa shape index (κ1) is 18.6. The fourth-order valence-electron chi connectivity index (χ4n) is 4.37. The molecule has 0 bridgehead atoms. The van der Waals surface area contributed by atoms with E-state index in [4.69, 9.17) is 0 Å². The molecule has 1 unspecified atom stereocenters. The van der Waals surface area contributed by atoms with Gasteiger partial charge < -0.3 is 0 Å². The third-order valence-corrected chi connectivity index (χ3v) is 8.00. The van der Waals surface area contributed by atoms with Gasteiger partial charge in [0.1, 0.15) is 6.20 Å². The molecule has 5 rings (SSSR count). The zero-order chi connectivity index (χ0) is 19.9. The van der Waals surface area contributed by atoms with E-state index in [1.165, 1.54) is 5.57 Å². The number of quaternary nitrogens is 1. The molecule has 7 nitrogen and oxygen atoms in total. The van der Waals surface area contributed by atoms with Crippen LogP contribution in [-0.4, -0.2) is 49.0 Å². The van der Waals surface area contributed by atoms with Crippen molar-refractivity contribution < 1.29 is 13.0 Å². The number of allylic oxidation sites excluding steroid dienone is 1. The van der Waals surface area contributed by atoms with Crippen LogP contribution in [0.15, 0.2) is 81.2 Å². The summed E-state index contributed by atoms with van der Waals surface area (Å²) in [6.45, 7) is 1.01. The van der Waals surface area contributed by atoms with E-state index in [1.807, 2.05) is 31.0 Å². The monoisotopic (exact) mass is 410 g/mol. The van der Waals surface area contributed by atoms with Crippen LogP contribution in [0.1, 0.15) is 19.3 Å². The van der Waals surface area contributed by atoms with Gasteiger partial charge in [0.25, 0.3) is 0 Å². The zero-order valence-corrected chi connectivity index (χ0v) is 16.9. The van der Waals surface area contributed by atoms with Gasteiger partial charge in [-0.2, -0.15) is 4.31 Å². The maximum absolute atomic E-state index is 12.8. The molecule has 0 aromatic heterocycles. The second-order valence-electron chi connectivity index (χ2n) is 7.87. The Balaban J connectivity index is 1.19. The molecule has 1 aromatic rings. The van der Waals surface area contributed by atoms with E-state index in [0.717, 1.165) is 25.0 Å². The smallest absolute Gasteiger partial charge is 0.243 e. The van der Waals surface area contributed by atoms with Crippen LogP contribution in [0.25, 0.3) is 0 Å². The number of fused-ring (bicyclic) bond motifs is 1. The lowest BCUT2D eigenvalue weighted by atomic mass is 9.74. The molecular weight excluding hydrogens is 386 g/mol. The first-order chi connectivity index (χ1) is 14.1. The Bertz CT molecular complexity index is 1050. The number of nitrogens with zero attached hydrogens (tertiary/aromatic N) is 4. The van der Waals surface area contributed by atoms with Crippen molar-refractivity contribution in [3.8, 4) is 0 Å². The number of aliphatic imine (C=N–C) groups is 2. The number of hydrogen-bond donors (Lipinski definition) is 1. The third-order valence-electron chi connectivity index (χ3n) is 6.12. The quantitative estimate of drug-likeness (QED) is 0.599. The SMILES string of the molecule is O=S(=O)(c1ccccc1)N1CC=C(C2CC(N[N+]34C=CN=CC3=CN=C4)C2)CC1. The lowest BCUT2D eigenvalue weighted by molar-refractivity contribution is -0.788. The maximum atomic E-state index is 12.8. The molecule has 8 heteroatoms. The molecule has 1 atom stereocenters. The minimum absolute atomic E-state index is 0.368. The zero-order valence-electron chi connectivity index (χ0n) is 16.1. The summed E-state index contributed by atoms with van der Waals surface area (Å²) in [7, 11) is -3.41. The first-order valence-electron chi connectivity index (χ1n) is 9.93. The molecule has 0 radical (unpaired) electrons. The van der Waals surface area contributed by atoms with Gasteiger partial charge in [-0.05, 0) is 37.3 Å². The minimum Gasteiger partial charge on any atom is -0.253 e. The molecule has 0 amide bonds. The highest BCUT2D eigenvalue weighted by Crippen LogP contribution is 2.38. The van der Waals surface area contributed by atoms with E-state index < -0.39 is 10.0 Å². The standard InChI is InChI=1S/C21H24N5O2S/c27-29(28,21-4-2-1-3-5-21)25-9-6-17(7-10-25)18-12-19(13-18)24-26-11-8-22-14-20(26)15-23-16-26/h1-6,8,11,14-16,18-19,24H,7,9-10,12-13H2/q+1. The molecule has 150 valence electrons. The summed E-state index contributed by atoms with van der Waals surface area (Å²) < 4.78 is 27.6. The van der Waals surface area contributed by atoms with Crippen molar-refractivity contribution in [2.24, 2.45) is 15.9 Å². The fraction of sp³-hybridized carbons (Fsp3) is 0.333. The first-order valence-corrected chi connectivity index (χ1v) is 11.4. The van der Waals surface area contributed by atoms with Gasteiger partial charge in [0.15, 0.2) is 5.70 Å². The Hall–Kier alpha value is -2.39. The van der Waals surface area contributed by atoms with Gasteiger partial charge in [0.05, 0.1) is 29.6 Å². The Kier molecular flexibility index (Phi) is 4.59. The lowest BCUT2D eigenvalue weighted by Crippen LogP contribution is -2.59. The Morgan fingerprint density at radius 2 is 1.97 bits per heavy atom. The molecule has 1 N–H and O–H groups in total. The second-order valence-corrected chi connectivity index (χ2v) is 9.81. The summed E-state index contributed by atoms with van der Waals surface area (Å²) in [4.78, 5) is 8.83. The lowest BCUT2D eigenvalue weighted by Gasteiger charge is -2.42. The molecule has 3 aliphatic heterocycles. The normalized spacial score (nSPS) is 31.2. The number of sulfonamides is 1. The Morgan fingerprint density at radius 1 is 1.14 bits per heavy atom. The van der Waals surface area contributed by atoms with Crippen molar-refractivity contribution in [1.82, 2.24) is 9.73 Å². The van der Waals surface area contributed by atoms with Crippen molar-refractivity contribution in [3.63, 3.8) is 0 Å². The van der Waals surface area contributed by atoms with E-state index in [9.17, 15) is 8.42 Å². The molecule has 0 saturated heterocycles. The number of benzene rings is 1. The van der Waals surface area contributed by atoms with Crippen molar-refractivity contribution >= 4 is 22.6 Å². The maximum Gasteiger partial charge on any atom is 0.243 e. The summed E-state index contributed by atoms with van der Waals surface area (Å²) in [6, 6.07) is 9.08. The van der Waals surface area contributed by atoms with Crippen LogP contribution in [0.5, 0.6) is 0 Å². The number of nitrogens with one attached hydrogen (secondary N) is 1. The van der Waals surface area contributed by atoms with Crippen molar-refractivity contribution in [1.29, 1.82) is 0 Å². The van der Waals surface area contributed by atoms with Gasteiger partial charge in [-0.25, -0.2) is 13.4 Å². The molecule has 3 heterocycles.